The highest BCUT2D eigenvalue weighted by Gasteiger charge is 2.30. The van der Waals surface area contributed by atoms with Crippen molar-refractivity contribution in [3.8, 4) is 0 Å². The maximum atomic E-state index is 4.72. The summed E-state index contributed by atoms with van der Waals surface area (Å²) in [7, 11) is 0. The van der Waals surface area contributed by atoms with Crippen LogP contribution in [0.4, 0.5) is 0 Å². The summed E-state index contributed by atoms with van der Waals surface area (Å²) in [5.74, 6) is 1.21. The average molecular weight is 274 g/mol. The van der Waals surface area contributed by atoms with Gasteiger partial charge in [0.15, 0.2) is 5.17 Å². The van der Waals surface area contributed by atoms with E-state index < -0.39 is 0 Å². The molecule has 4 heteroatoms. The Balaban J connectivity index is 2.46. The number of nitrogens with zero attached hydrogens (tertiary/aromatic N) is 1. The van der Waals surface area contributed by atoms with Gasteiger partial charge in [-0.1, -0.05) is 25.6 Å². The quantitative estimate of drug-likeness (QED) is 0.828. The fourth-order valence-electron chi connectivity index (χ4n) is 1.70. The average Bonchev–Trinajstić information content (AvgIpc) is 2.37. The van der Waals surface area contributed by atoms with Gasteiger partial charge >= 0.3 is 0 Å². The van der Waals surface area contributed by atoms with E-state index in [0.717, 1.165) is 18.3 Å². The third-order valence-corrected chi connectivity index (χ3v) is 6.34. The lowest BCUT2D eigenvalue weighted by molar-refractivity contribution is 0.318. The highest BCUT2D eigenvalue weighted by molar-refractivity contribution is 8.13. The van der Waals surface area contributed by atoms with E-state index in [4.69, 9.17) is 4.99 Å². The van der Waals surface area contributed by atoms with Gasteiger partial charge in [0.25, 0.3) is 0 Å². The smallest absolute Gasteiger partial charge is 0.156 e. The van der Waals surface area contributed by atoms with E-state index in [0.29, 0.717) is 5.41 Å². The Kier molecular flexibility index (Phi) is 5.71. The van der Waals surface area contributed by atoms with Crippen LogP contribution in [-0.2, 0) is 0 Å². The van der Waals surface area contributed by atoms with Crippen LogP contribution in [0.1, 0.15) is 40.5 Å². The molecule has 0 aromatic heterocycles. The van der Waals surface area contributed by atoms with Crippen molar-refractivity contribution in [2.75, 3.05) is 25.1 Å². The minimum Gasteiger partial charge on any atom is -0.364 e. The molecule has 0 saturated carbocycles. The summed E-state index contributed by atoms with van der Waals surface area (Å²) in [4.78, 5) is 4.72. The van der Waals surface area contributed by atoms with Gasteiger partial charge in [0, 0.05) is 23.6 Å². The Hall–Kier alpha value is 0.170. The number of aliphatic imine (C=N–C) groups is 1. The Labute approximate surface area is 115 Å². The number of hydrogen-bond acceptors (Lipinski definition) is 4. The van der Waals surface area contributed by atoms with Gasteiger partial charge in [-0.25, -0.2) is 0 Å². The van der Waals surface area contributed by atoms with Crippen LogP contribution >= 0.6 is 23.5 Å². The number of rotatable bonds is 5. The summed E-state index contributed by atoms with van der Waals surface area (Å²) in [6.45, 7) is 11.1. The van der Waals surface area contributed by atoms with E-state index in [1.165, 1.54) is 18.6 Å². The molecule has 0 aromatic rings. The van der Waals surface area contributed by atoms with Gasteiger partial charge in [-0.2, -0.15) is 11.8 Å². The summed E-state index contributed by atoms with van der Waals surface area (Å²) in [5.41, 5.74) is 0.449. The zero-order valence-electron chi connectivity index (χ0n) is 11.8. The first kappa shape index (κ1) is 15.2. The Morgan fingerprint density at radius 1 is 1.41 bits per heavy atom. The lowest BCUT2D eigenvalue weighted by atomic mass is 9.84. The molecular formula is C13H26N2S2. The van der Waals surface area contributed by atoms with Crippen molar-refractivity contribution in [1.82, 2.24) is 5.32 Å². The normalized spacial score (nSPS) is 19.9. The Morgan fingerprint density at radius 3 is 2.47 bits per heavy atom. The predicted octanol–water partition coefficient (Wildman–Crippen LogP) is 3.63. The number of hydrogen-bond donors (Lipinski definition) is 1. The van der Waals surface area contributed by atoms with Crippen molar-refractivity contribution in [3.63, 3.8) is 0 Å². The van der Waals surface area contributed by atoms with Crippen molar-refractivity contribution in [3.05, 3.63) is 0 Å². The van der Waals surface area contributed by atoms with Crippen molar-refractivity contribution in [2.24, 2.45) is 10.4 Å². The largest absolute Gasteiger partial charge is 0.364 e. The molecule has 2 nitrogen and oxygen atoms in total. The maximum absolute atomic E-state index is 4.72. The molecule has 0 fully saturated rings. The van der Waals surface area contributed by atoms with Gasteiger partial charge in [-0.15, -0.1) is 0 Å². The predicted molar refractivity (Wildman–Crippen MR) is 83.4 cm³/mol. The maximum Gasteiger partial charge on any atom is 0.156 e. The van der Waals surface area contributed by atoms with Crippen molar-refractivity contribution in [1.29, 1.82) is 0 Å². The SMILES string of the molecule is CCC1(CC)CN=C(NCC(C)(C)SC)SC1. The molecule has 17 heavy (non-hydrogen) atoms. The molecule has 0 saturated heterocycles. The minimum atomic E-state index is 0.285. The molecule has 0 bridgehead atoms. The molecular weight excluding hydrogens is 248 g/mol. The lowest BCUT2D eigenvalue weighted by Gasteiger charge is -2.34. The van der Waals surface area contributed by atoms with E-state index in [2.05, 4.69) is 39.3 Å². The fraction of sp³-hybridized carbons (Fsp3) is 0.923. The van der Waals surface area contributed by atoms with Gasteiger partial charge in [0.1, 0.15) is 0 Å². The number of nitrogens with one attached hydrogen (secondary N) is 1. The van der Waals surface area contributed by atoms with Crippen LogP contribution in [-0.4, -0.2) is 35.0 Å². The Bertz CT molecular complexity index is 271. The van der Waals surface area contributed by atoms with E-state index in [-0.39, 0.29) is 4.75 Å². The van der Waals surface area contributed by atoms with Crippen LogP contribution in [0.25, 0.3) is 0 Å². The molecule has 1 heterocycles. The monoisotopic (exact) mass is 274 g/mol. The zero-order valence-corrected chi connectivity index (χ0v) is 13.4. The van der Waals surface area contributed by atoms with E-state index >= 15 is 0 Å². The molecule has 100 valence electrons. The zero-order chi connectivity index (χ0) is 12.9. The molecule has 0 aromatic carbocycles. The second kappa shape index (κ2) is 6.37. The van der Waals surface area contributed by atoms with Crippen LogP contribution in [0.5, 0.6) is 0 Å². The summed E-state index contributed by atoms with van der Waals surface area (Å²) < 4.78 is 0.285. The summed E-state index contributed by atoms with van der Waals surface area (Å²) in [6, 6.07) is 0. The lowest BCUT2D eigenvalue weighted by Crippen LogP contribution is -2.39. The molecule has 0 spiro atoms. The first-order chi connectivity index (χ1) is 7.97. The first-order valence-corrected chi connectivity index (χ1v) is 8.64. The van der Waals surface area contributed by atoms with Gasteiger partial charge in [-0.05, 0) is 38.4 Å². The third kappa shape index (κ3) is 4.40. The summed E-state index contributed by atoms with van der Waals surface area (Å²) >= 11 is 3.80. The number of amidine groups is 1. The molecule has 0 aliphatic carbocycles. The molecule has 1 N–H and O–H groups in total. The molecule has 0 radical (unpaired) electrons. The highest BCUT2D eigenvalue weighted by atomic mass is 32.2. The standard InChI is InChI=1S/C13H26N2S2/c1-6-13(7-2)9-15-11(17-10-13)14-8-12(3,4)16-5/h6-10H2,1-5H3,(H,14,15). The van der Waals surface area contributed by atoms with Crippen molar-refractivity contribution in [2.45, 2.75) is 45.3 Å². The van der Waals surface area contributed by atoms with E-state index in [9.17, 15) is 0 Å². The molecule has 0 amide bonds. The van der Waals surface area contributed by atoms with Crippen molar-refractivity contribution < 1.29 is 0 Å². The molecule has 0 atom stereocenters. The Morgan fingerprint density at radius 2 is 2.06 bits per heavy atom. The third-order valence-electron chi connectivity index (χ3n) is 3.79. The summed E-state index contributed by atoms with van der Waals surface area (Å²) in [6.07, 6.45) is 4.64. The van der Waals surface area contributed by atoms with Crippen molar-refractivity contribution >= 4 is 28.7 Å². The second-order valence-corrected chi connectivity index (χ2v) is 7.91. The molecule has 1 aliphatic heterocycles. The number of thioether (sulfide) groups is 2. The van der Waals surface area contributed by atoms with E-state index in [1.807, 2.05) is 23.5 Å². The van der Waals surface area contributed by atoms with Gasteiger partial charge in [0.2, 0.25) is 0 Å². The second-order valence-electron chi connectivity index (χ2n) is 5.43. The first-order valence-electron chi connectivity index (χ1n) is 6.43. The van der Waals surface area contributed by atoms with Crippen LogP contribution in [0.3, 0.4) is 0 Å². The molecule has 0 unspecified atom stereocenters. The van der Waals surface area contributed by atoms with Crippen LogP contribution in [0.15, 0.2) is 4.99 Å². The fourth-order valence-corrected chi connectivity index (χ4v) is 3.19. The van der Waals surface area contributed by atoms with Gasteiger partial charge in [-0.3, -0.25) is 4.99 Å². The van der Waals surface area contributed by atoms with Crippen LogP contribution in [0, 0.1) is 5.41 Å². The van der Waals surface area contributed by atoms with Gasteiger partial charge in [0.05, 0.1) is 0 Å². The van der Waals surface area contributed by atoms with Crippen LogP contribution in [0.2, 0.25) is 0 Å². The highest BCUT2D eigenvalue weighted by Crippen LogP contribution is 2.34. The summed E-state index contributed by atoms with van der Waals surface area (Å²) in [5, 5.41) is 4.63. The molecule has 1 rings (SSSR count). The topological polar surface area (TPSA) is 24.4 Å². The van der Waals surface area contributed by atoms with Gasteiger partial charge < -0.3 is 5.32 Å². The minimum absolute atomic E-state index is 0.285. The van der Waals surface area contributed by atoms with Crippen LogP contribution < -0.4 is 5.32 Å². The van der Waals surface area contributed by atoms with E-state index in [1.54, 1.807) is 0 Å². The molecule has 1 aliphatic rings.